The predicted octanol–water partition coefficient (Wildman–Crippen LogP) is 5.82. The summed E-state index contributed by atoms with van der Waals surface area (Å²) in [5.41, 5.74) is 4.08. The van der Waals surface area contributed by atoms with Crippen LogP contribution in [0.5, 0.6) is 5.75 Å². The van der Waals surface area contributed by atoms with Gasteiger partial charge in [-0.2, -0.15) is 0 Å². The van der Waals surface area contributed by atoms with Crippen LogP contribution in [0, 0.1) is 0 Å². The van der Waals surface area contributed by atoms with Gasteiger partial charge in [-0.25, -0.2) is 0 Å². The number of methoxy groups -OCH3 is 1. The molecular weight excluding hydrogens is 484 g/mol. The van der Waals surface area contributed by atoms with Crippen molar-refractivity contribution in [2.75, 3.05) is 12.0 Å². The van der Waals surface area contributed by atoms with Crippen molar-refractivity contribution in [3.8, 4) is 11.4 Å². The Kier molecular flexibility index (Phi) is 5.68. The average Bonchev–Trinajstić information content (AvgIpc) is 3.44. The van der Waals surface area contributed by atoms with E-state index in [4.69, 9.17) is 17.0 Å². The first-order valence-electron chi connectivity index (χ1n) is 10.2. The third-order valence-electron chi connectivity index (χ3n) is 5.60. The Morgan fingerprint density at radius 2 is 1.81 bits per heavy atom. The molecule has 1 N–H and O–H groups in total. The molecule has 1 fully saturated rings. The molecule has 5 rings (SSSR count). The number of anilines is 1. The molecule has 32 heavy (non-hydrogen) atoms. The fourth-order valence-corrected chi connectivity index (χ4v) is 4.92. The lowest BCUT2D eigenvalue weighted by Crippen LogP contribution is -2.30. The third-order valence-corrected chi connectivity index (χ3v) is 6.41. The Morgan fingerprint density at radius 1 is 0.969 bits per heavy atom. The van der Waals surface area contributed by atoms with Crippen molar-refractivity contribution in [3.05, 3.63) is 107 Å². The van der Waals surface area contributed by atoms with Crippen molar-refractivity contribution in [1.29, 1.82) is 0 Å². The number of ether oxygens (including phenoxy) is 1. The van der Waals surface area contributed by atoms with Crippen LogP contribution in [0.15, 0.2) is 95.7 Å². The van der Waals surface area contributed by atoms with E-state index in [1.807, 2.05) is 54.7 Å². The number of hydrogen-bond donors (Lipinski definition) is 1. The topological polar surface area (TPSA) is 42.3 Å². The minimum absolute atomic E-state index is 0.113. The molecule has 0 saturated carbocycles. The number of nitrogens with one attached hydrogen (secondary N) is 1. The maximum Gasteiger partial charge on any atom is 0.174 e. The normalized spacial score (nSPS) is 17.9. The second kappa shape index (κ2) is 8.76. The first-order chi connectivity index (χ1) is 15.7. The molecule has 0 aliphatic carbocycles. The van der Waals surface area contributed by atoms with E-state index in [9.17, 15) is 0 Å². The minimum Gasteiger partial charge on any atom is -0.497 e. The standard InChI is InChI=1S/C25H21BrN4OS/c1-31-20-10-5-9-19(16-20)30-24(23(28-25(30)32)21-11-2-3-13-27-21)22-12-6-14-29(22)18-8-4-7-17(26)15-18/h2-16,23-24H,1H3,(H,28,32)/t23-,24+/m0/s1. The van der Waals surface area contributed by atoms with Crippen LogP contribution < -0.4 is 15.0 Å². The summed E-state index contributed by atoms with van der Waals surface area (Å²) in [6.07, 6.45) is 3.90. The largest absolute Gasteiger partial charge is 0.497 e. The Hall–Kier alpha value is -3.16. The van der Waals surface area contributed by atoms with Gasteiger partial charge in [0.15, 0.2) is 5.11 Å². The zero-order chi connectivity index (χ0) is 22.1. The van der Waals surface area contributed by atoms with E-state index in [2.05, 4.69) is 72.2 Å². The summed E-state index contributed by atoms with van der Waals surface area (Å²) in [5, 5.41) is 4.17. The highest BCUT2D eigenvalue weighted by atomic mass is 79.9. The molecule has 7 heteroatoms. The smallest absolute Gasteiger partial charge is 0.174 e. The molecule has 1 aliphatic heterocycles. The minimum atomic E-state index is -0.115. The average molecular weight is 505 g/mol. The zero-order valence-corrected chi connectivity index (χ0v) is 19.8. The summed E-state index contributed by atoms with van der Waals surface area (Å²) in [6.45, 7) is 0. The lowest BCUT2D eigenvalue weighted by Gasteiger charge is -2.29. The van der Waals surface area contributed by atoms with E-state index in [1.54, 1.807) is 7.11 Å². The summed E-state index contributed by atoms with van der Waals surface area (Å²) in [6, 6.07) is 26.2. The van der Waals surface area contributed by atoms with Crippen LogP contribution >= 0.6 is 28.1 Å². The van der Waals surface area contributed by atoms with Crippen molar-refractivity contribution in [1.82, 2.24) is 14.9 Å². The fraction of sp³-hybridized carbons (Fsp3) is 0.120. The summed E-state index contributed by atoms with van der Waals surface area (Å²) in [4.78, 5) is 6.80. The van der Waals surface area contributed by atoms with Crippen LogP contribution in [0.1, 0.15) is 23.5 Å². The third kappa shape index (κ3) is 3.78. The molecule has 0 radical (unpaired) electrons. The van der Waals surface area contributed by atoms with Crippen molar-refractivity contribution in [2.45, 2.75) is 12.1 Å². The number of hydrogen-bond acceptors (Lipinski definition) is 3. The van der Waals surface area contributed by atoms with Crippen LogP contribution in [0.25, 0.3) is 5.69 Å². The molecule has 0 bridgehead atoms. The highest BCUT2D eigenvalue weighted by molar-refractivity contribution is 9.10. The number of benzene rings is 2. The zero-order valence-electron chi connectivity index (χ0n) is 17.4. The lowest BCUT2D eigenvalue weighted by molar-refractivity contribution is 0.414. The second-order valence-electron chi connectivity index (χ2n) is 7.48. The number of aromatic nitrogens is 2. The van der Waals surface area contributed by atoms with Gasteiger partial charge < -0.3 is 19.5 Å². The first kappa shape index (κ1) is 20.7. The van der Waals surface area contributed by atoms with Crippen LogP contribution in [0.4, 0.5) is 5.69 Å². The van der Waals surface area contributed by atoms with Crippen LogP contribution in [0.3, 0.4) is 0 Å². The van der Waals surface area contributed by atoms with E-state index in [1.165, 1.54) is 0 Å². The van der Waals surface area contributed by atoms with Gasteiger partial charge in [0.25, 0.3) is 0 Å². The Labute approximate surface area is 200 Å². The molecule has 4 aromatic rings. The highest BCUT2D eigenvalue weighted by Gasteiger charge is 2.42. The maximum atomic E-state index is 5.84. The monoisotopic (exact) mass is 504 g/mol. The van der Waals surface area contributed by atoms with Crippen molar-refractivity contribution in [2.24, 2.45) is 0 Å². The molecule has 0 spiro atoms. The van der Waals surface area contributed by atoms with Crippen LogP contribution in [-0.4, -0.2) is 21.8 Å². The van der Waals surface area contributed by atoms with E-state index in [-0.39, 0.29) is 12.1 Å². The summed E-state index contributed by atoms with van der Waals surface area (Å²) in [7, 11) is 1.67. The number of thiocarbonyl (C=S) groups is 1. The summed E-state index contributed by atoms with van der Waals surface area (Å²) >= 11 is 9.44. The Balaban J connectivity index is 1.67. The van der Waals surface area contributed by atoms with Gasteiger partial charge in [-0.1, -0.05) is 34.1 Å². The van der Waals surface area contributed by atoms with Gasteiger partial charge >= 0.3 is 0 Å². The SMILES string of the molecule is COc1cccc(N2C(=S)N[C@@H](c3ccccn3)[C@H]2c2cccn2-c2cccc(Br)c2)c1. The van der Waals surface area contributed by atoms with Gasteiger partial charge in [0.05, 0.1) is 18.8 Å². The van der Waals surface area contributed by atoms with E-state index in [0.717, 1.165) is 33.0 Å². The van der Waals surface area contributed by atoms with Crippen molar-refractivity contribution < 1.29 is 4.74 Å². The van der Waals surface area contributed by atoms with E-state index in [0.29, 0.717) is 5.11 Å². The van der Waals surface area contributed by atoms with Gasteiger partial charge in [-0.3, -0.25) is 4.98 Å². The van der Waals surface area contributed by atoms with Gasteiger partial charge in [-0.05, 0) is 66.8 Å². The Morgan fingerprint density at radius 3 is 2.59 bits per heavy atom. The maximum absolute atomic E-state index is 5.84. The van der Waals surface area contributed by atoms with Crippen molar-refractivity contribution in [3.63, 3.8) is 0 Å². The molecule has 5 nitrogen and oxygen atoms in total. The van der Waals surface area contributed by atoms with Crippen LogP contribution in [-0.2, 0) is 0 Å². The second-order valence-corrected chi connectivity index (χ2v) is 8.78. The van der Waals surface area contributed by atoms with Gasteiger partial charge in [0.2, 0.25) is 0 Å². The first-order valence-corrected chi connectivity index (χ1v) is 11.4. The van der Waals surface area contributed by atoms with E-state index >= 15 is 0 Å². The fourth-order valence-electron chi connectivity index (χ4n) is 4.19. The van der Waals surface area contributed by atoms with Crippen molar-refractivity contribution >= 4 is 38.9 Å². The van der Waals surface area contributed by atoms with Gasteiger partial charge in [-0.15, -0.1) is 0 Å². The molecule has 0 amide bonds. The molecule has 1 saturated heterocycles. The molecular formula is C25H21BrN4OS. The number of nitrogens with zero attached hydrogens (tertiary/aromatic N) is 3. The quantitative estimate of drug-likeness (QED) is 0.346. The predicted molar refractivity (Wildman–Crippen MR) is 134 cm³/mol. The van der Waals surface area contributed by atoms with Gasteiger partial charge in [0.1, 0.15) is 11.8 Å². The summed E-state index contributed by atoms with van der Waals surface area (Å²) in [5.74, 6) is 0.785. The Bertz CT molecular complexity index is 1260. The number of rotatable bonds is 5. The molecule has 0 unspecified atom stereocenters. The molecule has 2 aromatic carbocycles. The summed E-state index contributed by atoms with van der Waals surface area (Å²) < 4.78 is 8.71. The van der Waals surface area contributed by atoms with Gasteiger partial charge in [0, 0.05) is 40.0 Å². The number of halogens is 1. The number of pyridine rings is 1. The van der Waals surface area contributed by atoms with Crippen LogP contribution in [0.2, 0.25) is 0 Å². The lowest BCUT2D eigenvalue weighted by atomic mass is 10.0. The molecule has 2 atom stereocenters. The molecule has 1 aliphatic rings. The molecule has 2 aromatic heterocycles. The molecule has 3 heterocycles. The van der Waals surface area contributed by atoms with E-state index < -0.39 is 0 Å². The highest BCUT2D eigenvalue weighted by Crippen LogP contribution is 2.42. The molecule has 160 valence electrons.